The topological polar surface area (TPSA) is 84.9 Å². The Balaban J connectivity index is 2.07. The molecule has 2 aromatic carbocycles. The maximum Gasteiger partial charge on any atom is 0.342 e. The number of halogens is 1. The van der Waals surface area contributed by atoms with Crippen LogP contribution >= 0.6 is 11.6 Å². The van der Waals surface area contributed by atoms with Crippen LogP contribution in [0.15, 0.2) is 53.5 Å². The molecule has 0 radical (unpaired) electrons. The zero-order valence-corrected chi connectivity index (χ0v) is 12.5. The Bertz CT molecular complexity index is 687. The van der Waals surface area contributed by atoms with Crippen molar-refractivity contribution in [1.82, 2.24) is 0 Å². The first-order valence-electron chi connectivity index (χ1n) is 6.53. The molecule has 22 heavy (non-hydrogen) atoms. The van der Waals surface area contributed by atoms with E-state index in [1.807, 2.05) is 30.3 Å². The number of amidine groups is 1. The smallest absolute Gasteiger partial charge is 0.342 e. The van der Waals surface area contributed by atoms with Gasteiger partial charge in [0.15, 0.2) is 0 Å². The summed E-state index contributed by atoms with van der Waals surface area (Å²) in [5.74, 6) is -0.522. The van der Waals surface area contributed by atoms with Crippen molar-refractivity contribution >= 4 is 29.1 Å². The van der Waals surface area contributed by atoms with Gasteiger partial charge in [0.2, 0.25) is 0 Å². The van der Waals surface area contributed by atoms with E-state index in [2.05, 4.69) is 4.99 Å². The van der Waals surface area contributed by atoms with Gasteiger partial charge in [-0.15, -0.1) is 11.6 Å². The summed E-state index contributed by atoms with van der Waals surface area (Å²) < 4.78 is 5.16. The predicted molar refractivity (Wildman–Crippen MR) is 85.7 cm³/mol. The number of benzene rings is 2. The van der Waals surface area contributed by atoms with Gasteiger partial charge in [-0.2, -0.15) is 0 Å². The van der Waals surface area contributed by atoms with Gasteiger partial charge in [0.1, 0.15) is 23.8 Å². The second-order valence-corrected chi connectivity index (χ2v) is 4.77. The van der Waals surface area contributed by atoms with Crippen molar-refractivity contribution in [3.05, 3.63) is 59.7 Å². The van der Waals surface area contributed by atoms with Crippen molar-refractivity contribution in [3.8, 4) is 5.75 Å². The molecule has 0 heterocycles. The Labute approximate surface area is 133 Å². The highest BCUT2D eigenvalue weighted by Crippen LogP contribution is 2.25. The molecule has 0 aliphatic carbocycles. The van der Waals surface area contributed by atoms with E-state index < -0.39 is 5.97 Å². The third-order valence-electron chi connectivity index (χ3n) is 2.82. The van der Waals surface area contributed by atoms with Crippen LogP contribution in [0.5, 0.6) is 5.75 Å². The molecular weight excluding hydrogens is 304 g/mol. The van der Waals surface area contributed by atoms with Crippen LogP contribution in [0.4, 0.5) is 5.69 Å². The number of carbonyl (C=O) groups excluding carboxylic acids is 1. The van der Waals surface area contributed by atoms with Crippen LogP contribution in [-0.2, 0) is 11.3 Å². The molecule has 0 bridgehead atoms. The molecule has 0 saturated heterocycles. The zero-order chi connectivity index (χ0) is 15.9. The number of alkyl halides is 1. The predicted octanol–water partition coefficient (Wildman–Crippen LogP) is 2.98. The molecule has 0 aliphatic heterocycles. The molecule has 0 fully saturated rings. The van der Waals surface area contributed by atoms with Crippen LogP contribution in [0.2, 0.25) is 0 Å². The molecule has 0 unspecified atom stereocenters. The van der Waals surface area contributed by atoms with E-state index in [9.17, 15) is 9.90 Å². The van der Waals surface area contributed by atoms with Gasteiger partial charge in [0, 0.05) is 6.07 Å². The molecule has 0 atom stereocenters. The Kier molecular flexibility index (Phi) is 5.38. The molecule has 0 aliphatic rings. The molecule has 6 heteroatoms. The van der Waals surface area contributed by atoms with Crippen LogP contribution in [-0.4, -0.2) is 22.8 Å². The minimum absolute atomic E-state index is 0.0688. The summed E-state index contributed by atoms with van der Waals surface area (Å²) in [6.07, 6.45) is 0. The van der Waals surface area contributed by atoms with Crippen molar-refractivity contribution in [2.45, 2.75) is 6.61 Å². The lowest BCUT2D eigenvalue weighted by molar-refractivity contribution is 0.0469. The number of phenolic OH excluding ortho intramolecular Hbond substituents is 1. The van der Waals surface area contributed by atoms with E-state index in [1.54, 1.807) is 6.07 Å². The van der Waals surface area contributed by atoms with E-state index in [1.165, 1.54) is 12.1 Å². The summed E-state index contributed by atoms with van der Waals surface area (Å²) in [4.78, 5) is 15.9. The van der Waals surface area contributed by atoms with Crippen molar-refractivity contribution in [2.75, 3.05) is 5.88 Å². The molecule has 0 amide bonds. The first kappa shape index (κ1) is 15.9. The number of nitrogens with two attached hydrogens (primary N) is 1. The van der Waals surface area contributed by atoms with Crippen LogP contribution < -0.4 is 5.73 Å². The standard InChI is InChI=1S/C16H15ClN2O3/c17-9-15(18)19-12-6-7-13(14(20)8-12)16(21)22-10-11-4-2-1-3-5-11/h1-8,20H,9-10H2,(H2,18,19). The third-order valence-corrected chi connectivity index (χ3v) is 3.10. The summed E-state index contributed by atoms with van der Waals surface area (Å²) in [6.45, 7) is 0.137. The highest BCUT2D eigenvalue weighted by molar-refractivity contribution is 6.28. The normalized spacial score (nSPS) is 11.2. The average Bonchev–Trinajstić information content (AvgIpc) is 2.53. The molecule has 0 aromatic heterocycles. The number of aliphatic imine (C=N–C) groups is 1. The Morgan fingerprint density at radius 1 is 1.23 bits per heavy atom. The first-order valence-corrected chi connectivity index (χ1v) is 7.06. The fourth-order valence-electron chi connectivity index (χ4n) is 1.76. The summed E-state index contributed by atoms with van der Waals surface area (Å²) in [7, 11) is 0. The van der Waals surface area contributed by atoms with E-state index in [4.69, 9.17) is 22.1 Å². The molecule has 5 nitrogen and oxygen atoms in total. The number of rotatable bonds is 5. The fourth-order valence-corrected chi connectivity index (χ4v) is 1.82. The average molecular weight is 319 g/mol. The van der Waals surface area contributed by atoms with Gasteiger partial charge in [-0.1, -0.05) is 30.3 Å². The summed E-state index contributed by atoms with van der Waals surface area (Å²) in [5.41, 5.74) is 6.86. The van der Waals surface area contributed by atoms with Crippen LogP contribution in [0.3, 0.4) is 0 Å². The molecule has 0 saturated carbocycles. The lowest BCUT2D eigenvalue weighted by Gasteiger charge is -2.07. The highest BCUT2D eigenvalue weighted by Gasteiger charge is 2.13. The second-order valence-electron chi connectivity index (χ2n) is 4.50. The van der Waals surface area contributed by atoms with Crippen LogP contribution in [0, 0.1) is 0 Å². The van der Waals surface area contributed by atoms with Gasteiger partial charge in [-0.05, 0) is 17.7 Å². The van der Waals surface area contributed by atoms with Crippen molar-refractivity contribution in [1.29, 1.82) is 0 Å². The third kappa shape index (κ3) is 4.23. The highest BCUT2D eigenvalue weighted by atomic mass is 35.5. The van der Waals surface area contributed by atoms with Crippen molar-refractivity contribution in [3.63, 3.8) is 0 Å². The van der Waals surface area contributed by atoms with Gasteiger partial charge in [-0.25, -0.2) is 9.79 Å². The zero-order valence-electron chi connectivity index (χ0n) is 11.7. The molecule has 2 aromatic rings. The number of ether oxygens (including phenoxy) is 1. The lowest BCUT2D eigenvalue weighted by atomic mass is 10.2. The van der Waals surface area contributed by atoms with Crippen molar-refractivity contribution in [2.24, 2.45) is 10.7 Å². The van der Waals surface area contributed by atoms with Gasteiger partial charge in [-0.3, -0.25) is 0 Å². The monoisotopic (exact) mass is 318 g/mol. The van der Waals surface area contributed by atoms with E-state index in [-0.39, 0.29) is 29.6 Å². The number of carbonyl (C=O) groups is 1. The number of hydrogen-bond donors (Lipinski definition) is 2. The minimum Gasteiger partial charge on any atom is -0.507 e. The molecule has 0 spiro atoms. The quantitative estimate of drug-likeness (QED) is 0.384. The van der Waals surface area contributed by atoms with Gasteiger partial charge in [0.05, 0.1) is 11.6 Å². The van der Waals surface area contributed by atoms with E-state index >= 15 is 0 Å². The summed E-state index contributed by atoms with van der Waals surface area (Å²) >= 11 is 5.53. The minimum atomic E-state index is -0.609. The van der Waals surface area contributed by atoms with Crippen molar-refractivity contribution < 1.29 is 14.6 Å². The number of hydrogen-bond acceptors (Lipinski definition) is 4. The van der Waals surface area contributed by atoms with E-state index in [0.717, 1.165) is 5.56 Å². The second kappa shape index (κ2) is 7.47. The number of phenols is 1. The fraction of sp³-hybridized carbons (Fsp3) is 0.125. The first-order chi connectivity index (χ1) is 10.6. The SMILES string of the molecule is NC(CCl)=Nc1ccc(C(=O)OCc2ccccc2)c(O)c1. The number of nitrogens with zero attached hydrogens (tertiary/aromatic N) is 1. The molecule has 2 rings (SSSR count). The largest absolute Gasteiger partial charge is 0.507 e. The Morgan fingerprint density at radius 3 is 2.59 bits per heavy atom. The summed E-state index contributed by atoms with van der Waals surface area (Å²) in [6, 6.07) is 13.6. The molecular formula is C16H15ClN2O3. The van der Waals surface area contributed by atoms with Gasteiger partial charge < -0.3 is 15.6 Å². The van der Waals surface area contributed by atoms with Gasteiger partial charge in [0.25, 0.3) is 0 Å². The maximum atomic E-state index is 12.0. The molecule has 114 valence electrons. The number of aromatic hydroxyl groups is 1. The lowest BCUT2D eigenvalue weighted by Crippen LogP contribution is -2.12. The maximum absolute atomic E-state index is 12.0. The molecule has 3 N–H and O–H groups in total. The Hall–Kier alpha value is -2.53. The van der Waals surface area contributed by atoms with E-state index in [0.29, 0.717) is 5.69 Å². The van der Waals surface area contributed by atoms with Gasteiger partial charge >= 0.3 is 5.97 Å². The van der Waals surface area contributed by atoms with Crippen LogP contribution in [0.25, 0.3) is 0 Å². The van der Waals surface area contributed by atoms with Crippen LogP contribution in [0.1, 0.15) is 15.9 Å². The Morgan fingerprint density at radius 2 is 1.95 bits per heavy atom. The summed E-state index contributed by atoms with van der Waals surface area (Å²) in [5, 5.41) is 9.90. The number of esters is 1.